The number of hydrogen-bond acceptors (Lipinski definition) is 1. The molecule has 3 heteroatoms. The van der Waals surface area contributed by atoms with Gasteiger partial charge in [0.15, 0.2) is 0 Å². The summed E-state index contributed by atoms with van der Waals surface area (Å²) >= 11 is 3.31. The van der Waals surface area contributed by atoms with Crippen LogP contribution in [0.25, 0.3) is 0 Å². The van der Waals surface area contributed by atoms with Gasteiger partial charge in [0.25, 0.3) is 0 Å². The molecule has 0 radical (unpaired) electrons. The molecule has 0 aromatic heterocycles. The molecule has 1 aromatic rings. The van der Waals surface area contributed by atoms with Crippen LogP contribution in [0.1, 0.15) is 76.4 Å². The fourth-order valence-electron chi connectivity index (χ4n) is 2.44. The topological polar surface area (TPSA) is 20.2 Å². The Morgan fingerprint density at radius 3 is 2.25 bits per heavy atom. The van der Waals surface area contributed by atoms with Gasteiger partial charge in [0.05, 0.1) is 6.10 Å². The molecule has 0 amide bonds. The van der Waals surface area contributed by atoms with Gasteiger partial charge in [0, 0.05) is 10.0 Å². The van der Waals surface area contributed by atoms with Crippen LogP contribution in [0.3, 0.4) is 0 Å². The van der Waals surface area contributed by atoms with Crippen LogP contribution < -0.4 is 0 Å². The van der Waals surface area contributed by atoms with Crippen molar-refractivity contribution in [3.63, 3.8) is 0 Å². The molecule has 0 saturated heterocycles. The zero-order chi connectivity index (χ0) is 14.8. The summed E-state index contributed by atoms with van der Waals surface area (Å²) in [5.74, 6) is -0.327. The molecule has 1 rings (SSSR count). The largest absolute Gasteiger partial charge is 0.388 e. The molecule has 0 aliphatic heterocycles. The van der Waals surface area contributed by atoms with Crippen molar-refractivity contribution in [1.82, 2.24) is 0 Å². The first-order chi connectivity index (χ1) is 9.66. The van der Waals surface area contributed by atoms with Gasteiger partial charge < -0.3 is 5.11 Å². The van der Waals surface area contributed by atoms with Crippen molar-refractivity contribution in [1.29, 1.82) is 0 Å². The third-order valence-corrected chi connectivity index (χ3v) is 4.36. The molecule has 0 bridgehead atoms. The van der Waals surface area contributed by atoms with Crippen molar-refractivity contribution in [2.45, 2.75) is 70.8 Å². The molecule has 0 heterocycles. The number of rotatable bonds is 10. The highest BCUT2D eigenvalue weighted by molar-refractivity contribution is 9.10. The minimum absolute atomic E-state index is 0.327. The predicted molar refractivity (Wildman–Crippen MR) is 86.3 cm³/mol. The van der Waals surface area contributed by atoms with Crippen molar-refractivity contribution in [2.75, 3.05) is 0 Å². The van der Waals surface area contributed by atoms with E-state index in [0.29, 0.717) is 16.5 Å². The highest BCUT2D eigenvalue weighted by atomic mass is 79.9. The van der Waals surface area contributed by atoms with Crippen LogP contribution in [0.4, 0.5) is 4.39 Å². The SMILES string of the molecule is CCCCCCCCCCC(O)c1c(F)cccc1Br. The van der Waals surface area contributed by atoms with Crippen LogP contribution in [0.5, 0.6) is 0 Å². The molecule has 1 atom stereocenters. The van der Waals surface area contributed by atoms with Crippen molar-refractivity contribution < 1.29 is 9.50 Å². The van der Waals surface area contributed by atoms with Crippen LogP contribution in [0, 0.1) is 5.82 Å². The quantitative estimate of drug-likeness (QED) is 0.504. The van der Waals surface area contributed by atoms with E-state index in [1.54, 1.807) is 12.1 Å². The Kier molecular flexibility index (Phi) is 9.12. The summed E-state index contributed by atoms with van der Waals surface area (Å²) in [6, 6.07) is 4.82. The summed E-state index contributed by atoms with van der Waals surface area (Å²) < 4.78 is 14.3. The normalized spacial score (nSPS) is 12.6. The molecule has 1 unspecified atom stereocenters. The van der Waals surface area contributed by atoms with Gasteiger partial charge in [-0.3, -0.25) is 0 Å². The molecule has 0 aliphatic carbocycles. The molecule has 0 aliphatic rings. The average molecular weight is 345 g/mol. The molecule has 20 heavy (non-hydrogen) atoms. The summed E-state index contributed by atoms with van der Waals surface area (Å²) in [7, 11) is 0. The number of halogens is 2. The van der Waals surface area contributed by atoms with Gasteiger partial charge in [0.2, 0.25) is 0 Å². The Labute approximate surface area is 130 Å². The van der Waals surface area contributed by atoms with E-state index in [4.69, 9.17) is 0 Å². The second-order valence-corrected chi connectivity index (χ2v) is 6.27. The lowest BCUT2D eigenvalue weighted by Gasteiger charge is -2.13. The lowest BCUT2D eigenvalue weighted by molar-refractivity contribution is 0.158. The molecule has 0 fully saturated rings. The maximum Gasteiger partial charge on any atom is 0.130 e. The Hall–Kier alpha value is -0.410. The highest BCUT2D eigenvalue weighted by Gasteiger charge is 2.15. The first kappa shape index (κ1) is 17.6. The minimum Gasteiger partial charge on any atom is -0.388 e. The van der Waals surface area contributed by atoms with E-state index in [1.807, 2.05) is 0 Å². The molecule has 1 nitrogen and oxygen atoms in total. The number of unbranched alkanes of at least 4 members (excludes halogenated alkanes) is 7. The van der Waals surface area contributed by atoms with Crippen LogP contribution in [-0.2, 0) is 0 Å². The molecular formula is C17H26BrFO. The third-order valence-electron chi connectivity index (χ3n) is 3.66. The monoisotopic (exact) mass is 344 g/mol. The van der Waals surface area contributed by atoms with E-state index in [2.05, 4.69) is 22.9 Å². The van der Waals surface area contributed by atoms with E-state index in [0.717, 1.165) is 12.8 Å². The summed E-state index contributed by atoms with van der Waals surface area (Å²) in [5.41, 5.74) is 0.399. The van der Waals surface area contributed by atoms with Crippen molar-refractivity contribution in [2.24, 2.45) is 0 Å². The van der Waals surface area contributed by atoms with Crippen LogP contribution in [0.2, 0.25) is 0 Å². The lowest BCUT2D eigenvalue weighted by atomic mass is 10.0. The summed E-state index contributed by atoms with van der Waals surface area (Å²) in [5, 5.41) is 10.1. The Morgan fingerprint density at radius 2 is 1.65 bits per heavy atom. The second-order valence-electron chi connectivity index (χ2n) is 5.41. The molecular weight excluding hydrogens is 319 g/mol. The maximum absolute atomic E-state index is 13.7. The van der Waals surface area contributed by atoms with Gasteiger partial charge >= 0.3 is 0 Å². The third kappa shape index (κ3) is 6.36. The molecule has 0 saturated carbocycles. The zero-order valence-corrected chi connectivity index (χ0v) is 14.0. The van der Waals surface area contributed by atoms with Crippen LogP contribution in [0.15, 0.2) is 22.7 Å². The lowest BCUT2D eigenvalue weighted by Crippen LogP contribution is -2.02. The summed E-state index contributed by atoms with van der Waals surface area (Å²) in [4.78, 5) is 0. The van der Waals surface area contributed by atoms with Crippen LogP contribution in [-0.4, -0.2) is 5.11 Å². The smallest absolute Gasteiger partial charge is 0.130 e. The van der Waals surface area contributed by atoms with Gasteiger partial charge in [0.1, 0.15) is 5.82 Å². The molecule has 114 valence electrons. The highest BCUT2D eigenvalue weighted by Crippen LogP contribution is 2.29. The van der Waals surface area contributed by atoms with E-state index >= 15 is 0 Å². The van der Waals surface area contributed by atoms with Crippen molar-refractivity contribution in [3.8, 4) is 0 Å². The molecule has 1 N–H and O–H groups in total. The van der Waals surface area contributed by atoms with E-state index < -0.39 is 6.10 Å². The fraction of sp³-hybridized carbons (Fsp3) is 0.647. The van der Waals surface area contributed by atoms with Crippen molar-refractivity contribution in [3.05, 3.63) is 34.1 Å². The predicted octanol–water partition coefficient (Wildman–Crippen LogP) is 6.15. The summed E-state index contributed by atoms with van der Waals surface area (Å²) in [6.45, 7) is 2.22. The van der Waals surface area contributed by atoms with Crippen molar-refractivity contribution >= 4 is 15.9 Å². The average Bonchev–Trinajstić information content (AvgIpc) is 2.41. The van der Waals surface area contributed by atoms with Gasteiger partial charge in [-0.1, -0.05) is 80.3 Å². The van der Waals surface area contributed by atoms with Crippen LogP contribution >= 0.6 is 15.9 Å². The van der Waals surface area contributed by atoms with E-state index in [1.165, 1.54) is 44.6 Å². The Bertz CT molecular complexity index is 361. The zero-order valence-electron chi connectivity index (χ0n) is 12.4. The van der Waals surface area contributed by atoms with Gasteiger partial charge in [-0.15, -0.1) is 0 Å². The van der Waals surface area contributed by atoms with E-state index in [-0.39, 0.29) is 5.82 Å². The number of aliphatic hydroxyl groups excluding tert-OH is 1. The maximum atomic E-state index is 13.7. The van der Waals surface area contributed by atoms with Gasteiger partial charge in [-0.2, -0.15) is 0 Å². The first-order valence-corrected chi connectivity index (χ1v) is 8.58. The van der Waals surface area contributed by atoms with Gasteiger partial charge in [-0.25, -0.2) is 4.39 Å². The fourth-order valence-corrected chi connectivity index (χ4v) is 3.05. The van der Waals surface area contributed by atoms with E-state index in [9.17, 15) is 9.50 Å². The summed E-state index contributed by atoms with van der Waals surface area (Å²) in [6.07, 6.45) is 9.76. The Balaban J connectivity index is 2.19. The molecule has 1 aromatic carbocycles. The molecule has 0 spiro atoms. The number of benzene rings is 1. The standard InChI is InChI=1S/C17H26BrFO/c1-2-3-4-5-6-7-8-9-13-16(20)17-14(18)11-10-12-15(17)19/h10-12,16,20H,2-9,13H2,1H3. The number of hydrogen-bond donors (Lipinski definition) is 1. The second kappa shape index (κ2) is 10.3. The number of aliphatic hydroxyl groups is 1. The minimum atomic E-state index is -0.703. The first-order valence-electron chi connectivity index (χ1n) is 7.78. The Morgan fingerprint density at radius 1 is 1.05 bits per heavy atom. The van der Waals surface area contributed by atoms with Gasteiger partial charge in [-0.05, 0) is 18.6 Å².